The van der Waals surface area contributed by atoms with E-state index in [-0.39, 0.29) is 24.2 Å². The molecule has 0 aliphatic carbocycles. The first-order valence-corrected chi connectivity index (χ1v) is 16.7. The van der Waals surface area contributed by atoms with Crippen LogP contribution >= 0.6 is 11.8 Å². The summed E-state index contributed by atoms with van der Waals surface area (Å²) in [5.74, 6) is -0.104. The van der Waals surface area contributed by atoms with Crippen molar-refractivity contribution in [2.24, 2.45) is 10.9 Å². The summed E-state index contributed by atoms with van der Waals surface area (Å²) in [4.78, 5) is 31.3. The van der Waals surface area contributed by atoms with Gasteiger partial charge in [0.1, 0.15) is 5.60 Å². The zero-order chi connectivity index (χ0) is 31.7. The van der Waals surface area contributed by atoms with E-state index in [9.17, 15) is 18.0 Å². The number of nitrogens with zero attached hydrogens (tertiary/aromatic N) is 1. The van der Waals surface area contributed by atoms with E-state index in [1.807, 2.05) is 65.4 Å². The maximum Gasteiger partial charge on any atom is 0.407 e. The molecule has 0 saturated carbocycles. The average Bonchev–Trinajstić information content (AvgIpc) is 3.46. The number of amides is 2. The van der Waals surface area contributed by atoms with Crippen molar-refractivity contribution in [3.63, 3.8) is 0 Å². The van der Waals surface area contributed by atoms with Crippen LogP contribution in [-0.2, 0) is 32.7 Å². The standard InChI is InChI=1S/C32H38N4O6S2/c1-32(2,3)42-31(38)33-20-25(18-22-10-6-4-7-11-22)29(37)34-27(19-23-14-16-26(17-15-23)36-44(39,40)41)30-35-28(21-43-30)24-12-8-5-9-13-24/h4-17,25,27-28,36H,18-21H2,1-3H3,(H,33,38)(H,34,37)(H,39,40,41)/t25-,27-,28?/m0/s1. The Bertz CT molecular complexity index is 1540. The predicted molar refractivity (Wildman–Crippen MR) is 174 cm³/mol. The van der Waals surface area contributed by atoms with Crippen LogP contribution in [0.3, 0.4) is 0 Å². The molecular weight excluding hydrogens is 601 g/mol. The molecule has 1 aliphatic heterocycles. The third-order valence-corrected chi connectivity index (χ3v) is 8.36. The van der Waals surface area contributed by atoms with Gasteiger partial charge in [-0.05, 0) is 62.4 Å². The van der Waals surface area contributed by atoms with Gasteiger partial charge in [0.2, 0.25) is 5.91 Å². The number of rotatable bonds is 12. The highest BCUT2D eigenvalue weighted by atomic mass is 32.2. The van der Waals surface area contributed by atoms with Crippen molar-refractivity contribution in [3.05, 3.63) is 102 Å². The Morgan fingerprint density at radius 2 is 1.57 bits per heavy atom. The molecule has 0 aromatic heterocycles. The molecule has 2 amide bonds. The zero-order valence-electron chi connectivity index (χ0n) is 24.9. The summed E-state index contributed by atoms with van der Waals surface area (Å²) in [6, 6.07) is 25.6. The van der Waals surface area contributed by atoms with Crippen LogP contribution in [0.2, 0.25) is 0 Å². The number of ether oxygens (including phenoxy) is 1. The van der Waals surface area contributed by atoms with Gasteiger partial charge in [-0.1, -0.05) is 72.8 Å². The highest BCUT2D eigenvalue weighted by Gasteiger charge is 2.30. The van der Waals surface area contributed by atoms with Crippen LogP contribution in [0.1, 0.15) is 43.5 Å². The summed E-state index contributed by atoms with van der Waals surface area (Å²) in [6.45, 7) is 5.41. The van der Waals surface area contributed by atoms with Crippen LogP contribution in [-0.4, -0.2) is 54.0 Å². The molecule has 0 saturated heterocycles. The zero-order valence-corrected chi connectivity index (χ0v) is 26.5. The van der Waals surface area contributed by atoms with E-state index in [1.165, 1.54) is 0 Å². The first-order chi connectivity index (χ1) is 20.8. The van der Waals surface area contributed by atoms with E-state index in [0.717, 1.165) is 27.5 Å². The van der Waals surface area contributed by atoms with Gasteiger partial charge in [0.05, 0.1) is 28.7 Å². The molecule has 1 unspecified atom stereocenters. The van der Waals surface area contributed by atoms with Crippen molar-refractivity contribution < 1.29 is 27.3 Å². The van der Waals surface area contributed by atoms with E-state index < -0.39 is 34.0 Å². The SMILES string of the molecule is CC(C)(C)OC(=O)NC[C@H](Cc1ccccc1)C(=O)N[C@@H](Cc1ccc(NS(=O)(=O)O)cc1)C1=NC(c2ccccc2)CS1. The second kappa shape index (κ2) is 14.7. The van der Waals surface area contributed by atoms with Gasteiger partial charge in [-0.3, -0.25) is 19.1 Å². The molecule has 1 aliphatic rings. The van der Waals surface area contributed by atoms with Gasteiger partial charge < -0.3 is 15.4 Å². The molecule has 44 heavy (non-hydrogen) atoms. The number of carbonyl (C=O) groups is 2. The Morgan fingerprint density at radius 1 is 0.955 bits per heavy atom. The summed E-state index contributed by atoms with van der Waals surface area (Å²) < 4.78 is 38.9. The quantitative estimate of drug-likeness (QED) is 0.200. The van der Waals surface area contributed by atoms with E-state index in [0.29, 0.717) is 12.8 Å². The lowest BCUT2D eigenvalue weighted by Gasteiger charge is -2.24. The fraction of sp³-hybridized carbons (Fsp3) is 0.344. The van der Waals surface area contributed by atoms with Gasteiger partial charge in [-0.15, -0.1) is 11.8 Å². The number of hydrogen-bond acceptors (Lipinski definition) is 7. The Balaban J connectivity index is 1.56. The fourth-order valence-corrected chi connectivity index (χ4v) is 6.26. The fourth-order valence-electron chi connectivity index (χ4n) is 4.69. The maximum absolute atomic E-state index is 13.9. The smallest absolute Gasteiger partial charge is 0.407 e. The third-order valence-electron chi connectivity index (χ3n) is 6.70. The normalized spacial score (nSPS) is 16.4. The average molecular weight is 639 g/mol. The van der Waals surface area contributed by atoms with Gasteiger partial charge in [-0.25, -0.2) is 4.79 Å². The van der Waals surface area contributed by atoms with Gasteiger partial charge >= 0.3 is 16.4 Å². The largest absolute Gasteiger partial charge is 0.444 e. The molecule has 4 rings (SSSR count). The second-order valence-corrected chi connectivity index (χ2v) is 13.7. The van der Waals surface area contributed by atoms with Crippen LogP contribution in [0.4, 0.5) is 10.5 Å². The summed E-state index contributed by atoms with van der Waals surface area (Å²) in [6.07, 6.45) is 0.195. The molecule has 12 heteroatoms. The lowest BCUT2D eigenvalue weighted by atomic mass is 9.97. The predicted octanol–water partition coefficient (Wildman–Crippen LogP) is 5.20. The molecule has 10 nitrogen and oxygen atoms in total. The lowest BCUT2D eigenvalue weighted by Crippen LogP contribution is -2.47. The summed E-state index contributed by atoms with van der Waals surface area (Å²) in [7, 11) is -4.40. The van der Waals surface area contributed by atoms with E-state index in [2.05, 4.69) is 10.6 Å². The summed E-state index contributed by atoms with van der Waals surface area (Å²) >= 11 is 1.59. The van der Waals surface area contributed by atoms with Crippen molar-refractivity contribution in [2.45, 2.75) is 51.3 Å². The van der Waals surface area contributed by atoms with E-state index >= 15 is 0 Å². The molecule has 3 atom stereocenters. The van der Waals surface area contributed by atoms with Crippen LogP contribution < -0.4 is 15.4 Å². The molecule has 4 N–H and O–H groups in total. The first kappa shape index (κ1) is 33.0. The maximum atomic E-state index is 13.9. The molecule has 1 heterocycles. The van der Waals surface area contributed by atoms with Crippen molar-refractivity contribution in [2.75, 3.05) is 17.0 Å². The summed E-state index contributed by atoms with van der Waals surface area (Å²) in [5.41, 5.74) is 2.41. The topological polar surface area (TPSA) is 146 Å². The van der Waals surface area contributed by atoms with Crippen molar-refractivity contribution >= 4 is 44.8 Å². The third kappa shape index (κ3) is 10.7. The number of hydrogen-bond donors (Lipinski definition) is 4. The molecule has 0 spiro atoms. The second-order valence-electron chi connectivity index (χ2n) is 11.5. The Kier molecular flexibility index (Phi) is 11.1. The monoisotopic (exact) mass is 638 g/mol. The number of alkyl carbamates (subject to hydrolysis) is 1. The van der Waals surface area contributed by atoms with Gasteiger partial charge in [0.25, 0.3) is 0 Å². The number of thioether (sulfide) groups is 1. The van der Waals surface area contributed by atoms with Crippen LogP contribution in [0.15, 0.2) is 89.9 Å². The molecule has 3 aromatic rings. The number of aliphatic imine (C=N–C) groups is 1. The van der Waals surface area contributed by atoms with Crippen LogP contribution in [0.5, 0.6) is 0 Å². The van der Waals surface area contributed by atoms with Crippen molar-refractivity contribution in [3.8, 4) is 0 Å². The minimum atomic E-state index is -4.40. The van der Waals surface area contributed by atoms with E-state index in [4.69, 9.17) is 14.3 Å². The van der Waals surface area contributed by atoms with E-state index in [1.54, 1.807) is 56.8 Å². The molecule has 234 valence electrons. The Hall–Kier alpha value is -3.87. The highest BCUT2D eigenvalue weighted by Crippen LogP contribution is 2.32. The molecule has 0 fully saturated rings. The first-order valence-electron chi connectivity index (χ1n) is 14.3. The summed E-state index contributed by atoms with van der Waals surface area (Å²) in [5, 5.41) is 6.73. The minimum absolute atomic E-state index is 0.0501. The lowest BCUT2D eigenvalue weighted by molar-refractivity contribution is -0.125. The van der Waals surface area contributed by atoms with Crippen LogP contribution in [0, 0.1) is 5.92 Å². The minimum Gasteiger partial charge on any atom is -0.444 e. The molecular formula is C32H38N4O6S2. The molecule has 3 aromatic carbocycles. The highest BCUT2D eigenvalue weighted by molar-refractivity contribution is 8.14. The van der Waals surface area contributed by atoms with Gasteiger partial charge in [0.15, 0.2) is 0 Å². The Morgan fingerprint density at radius 3 is 2.18 bits per heavy atom. The van der Waals surface area contributed by atoms with Crippen molar-refractivity contribution in [1.29, 1.82) is 0 Å². The Labute approximate surface area is 263 Å². The van der Waals surface area contributed by atoms with Crippen LogP contribution in [0.25, 0.3) is 0 Å². The number of anilines is 1. The van der Waals surface area contributed by atoms with Crippen molar-refractivity contribution in [1.82, 2.24) is 10.6 Å². The molecule has 0 radical (unpaired) electrons. The van der Waals surface area contributed by atoms with Gasteiger partial charge in [-0.2, -0.15) is 8.42 Å². The molecule has 0 bridgehead atoms. The van der Waals surface area contributed by atoms with Gasteiger partial charge in [0, 0.05) is 12.3 Å². The number of carbonyl (C=O) groups excluding carboxylic acids is 2. The number of benzene rings is 3. The number of nitrogens with one attached hydrogen (secondary N) is 3.